The molecule has 18 heavy (non-hydrogen) atoms. The number of aryl methyl sites for hydroxylation is 1. The molecule has 88 valence electrons. The highest BCUT2D eigenvalue weighted by molar-refractivity contribution is 6.06. The average molecular weight is 232 g/mol. The predicted molar refractivity (Wildman–Crippen MR) is 78.3 cm³/mol. The van der Waals surface area contributed by atoms with Crippen molar-refractivity contribution in [1.29, 1.82) is 0 Å². The molecule has 0 heterocycles. The van der Waals surface area contributed by atoms with E-state index in [9.17, 15) is 0 Å². The third-order valence-corrected chi connectivity index (χ3v) is 3.56. The third-order valence-electron chi connectivity index (χ3n) is 3.56. The molecule has 0 bridgehead atoms. The van der Waals surface area contributed by atoms with E-state index in [0.29, 0.717) is 0 Å². The molecule has 0 fully saturated rings. The molecule has 3 rings (SSSR count). The first-order valence-corrected chi connectivity index (χ1v) is 6.30. The molecule has 0 amide bonds. The maximum absolute atomic E-state index is 4.27. The summed E-state index contributed by atoms with van der Waals surface area (Å²) in [6, 6.07) is 17.2. The number of hydrogen-bond acceptors (Lipinski definition) is 0. The summed E-state index contributed by atoms with van der Waals surface area (Å²) in [5.74, 6) is 0. The normalized spacial score (nSPS) is 14.1. The second kappa shape index (κ2) is 4.30. The summed E-state index contributed by atoms with van der Waals surface area (Å²) in [5.41, 5.74) is 7.63. The maximum atomic E-state index is 4.27. The molecule has 0 spiro atoms. The Kier molecular flexibility index (Phi) is 2.64. The average Bonchev–Trinajstić information content (AvgIpc) is 2.41. The molecule has 0 aliphatic heterocycles. The van der Waals surface area contributed by atoms with Crippen LogP contribution in [0.15, 0.2) is 61.2 Å². The number of rotatable bonds is 1. The van der Waals surface area contributed by atoms with Gasteiger partial charge in [-0.15, -0.1) is 0 Å². The van der Waals surface area contributed by atoms with E-state index < -0.39 is 0 Å². The molecule has 0 heteroatoms. The standard InChI is InChI=1S/C18H16/c1-13-7-9-16(10-8-13)18-12-11-15-5-3-4-6-17(15)14(18)2/h3-10,12H,2,11H2,1H3. The second-order valence-corrected chi connectivity index (χ2v) is 4.82. The summed E-state index contributed by atoms with van der Waals surface area (Å²) >= 11 is 0. The van der Waals surface area contributed by atoms with E-state index in [1.807, 2.05) is 0 Å². The van der Waals surface area contributed by atoms with Gasteiger partial charge in [-0.1, -0.05) is 66.7 Å². The minimum Gasteiger partial charge on any atom is -0.0905 e. The third kappa shape index (κ3) is 1.80. The molecule has 0 atom stereocenters. The number of fused-ring (bicyclic) bond motifs is 1. The zero-order chi connectivity index (χ0) is 12.5. The first-order valence-electron chi connectivity index (χ1n) is 6.30. The fourth-order valence-electron chi connectivity index (χ4n) is 2.50. The van der Waals surface area contributed by atoms with Crippen LogP contribution in [-0.4, -0.2) is 0 Å². The lowest BCUT2D eigenvalue weighted by Gasteiger charge is -2.20. The molecular weight excluding hydrogens is 216 g/mol. The van der Waals surface area contributed by atoms with Crippen LogP contribution in [0.5, 0.6) is 0 Å². The van der Waals surface area contributed by atoms with Crippen molar-refractivity contribution in [3.8, 4) is 0 Å². The summed E-state index contributed by atoms with van der Waals surface area (Å²) in [6.45, 7) is 6.38. The van der Waals surface area contributed by atoms with E-state index in [1.54, 1.807) is 0 Å². The summed E-state index contributed by atoms with van der Waals surface area (Å²) in [5, 5.41) is 0. The molecule has 2 aromatic rings. The first-order chi connectivity index (χ1) is 8.75. The van der Waals surface area contributed by atoms with Gasteiger partial charge in [-0.25, -0.2) is 0 Å². The van der Waals surface area contributed by atoms with Gasteiger partial charge in [-0.2, -0.15) is 0 Å². The number of allylic oxidation sites excluding steroid dienone is 3. The summed E-state index contributed by atoms with van der Waals surface area (Å²) in [6.07, 6.45) is 3.29. The zero-order valence-electron chi connectivity index (χ0n) is 10.6. The Morgan fingerprint density at radius 1 is 0.944 bits per heavy atom. The highest BCUT2D eigenvalue weighted by Gasteiger charge is 2.15. The topological polar surface area (TPSA) is 0 Å². The molecule has 0 radical (unpaired) electrons. The lowest BCUT2D eigenvalue weighted by molar-refractivity contribution is 1.23. The Bertz CT molecular complexity index is 627. The first kappa shape index (κ1) is 11.0. The number of benzene rings is 2. The van der Waals surface area contributed by atoms with Crippen molar-refractivity contribution < 1.29 is 0 Å². The fraction of sp³-hybridized carbons (Fsp3) is 0.111. The highest BCUT2D eigenvalue weighted by Crippen LogP contribution is 2.35. The molecule has 0 aromatic heterocycles. The molecule has 2 aromatic carbocycles. The lowest BCUT2D eigenvalue weighted by atomic mass is 9.84. The van der Waals surface area contributed by atoms with Crippen molar-refractivity contribution in [2.24, 2.45) is 0 Å². The van der Waals surface area contributed by atoms with Crippen molar-refractivity contribution in [2.45, 2.75) is 13.3 Å². The molecule has 0 saturated carbocycles. The van der Waals surface area contributed by atoms with E-state index in [2.05, 4.69) is 68.1 Å². The van der Waals surface area contributed by atoms with E-state index in [4.69, 9.17) is 0 Å². The van der Waals surface area contributed by atoms with Crippen LogP contribution in [0.4, 0.5) is 0 Å². The Labute approximate surface area is 108 Å². The van der Waals surface area contributed by atoms with E-state index in [0.717, 1.165) is 12.0 Å². The molecule has 1 aliphatic rings. The smallest absolute Gasteiger partial charge is 0.00819 e. The van der Waals surface area contributed by atoms with E-state index in [-0.39, 0.29) is 0 Å². The largest absolute Gasteiger partial charge is 0.0905 e. The summed E-state index contributed by atoms with van der Waals surface area (Å²) in [4.78, 5) is 0. The van der Waals surface area contributed by atoms with Gasteiger partial charge in [0.1, 0.15) is 0 Å². The minimum absolute atomic E-state index is 0.998. The predicted octanol–water partition coefficient (Wildman–Crippen LogP) is 4.65. The van der Waals surface area contributed by atoms with E-state index in [1.165, 1.54) is 27.8 Å². The molecule has 0 N–H and O–H groups in total. The highest BCUT2D eigenvalue weighted by atomic mass is 14.2. The van der Waals surface area contributed by atoms with Gasteiger partial charge in [0.15, 0.2) is 0 Å². The minimum atomic E-state index is 0.998. The summed E-state index contributed by atoms with van der Waals surface area (Å²) < 4.78 is 0. The van der Waals surface area contributed by atoms with Crippen LogP contribution in [0.3, 0.4) is 0 Å². The number of hydrogen-bond donors (Lipinski definition) is 0. The Morgan fingerprint density at radius 3 is 2.44 bits per heavy atom. The zero-order valence-corrected chi connectivity index (χ0v) is 10.6. The van der Waals surface area contributed by atoms with Crippen molar-refractivity contribution in [3.63, 3.8) is 0 Å². The van der Waals surface area contributed by atoms with Crippen LogP contribution in [0, 0.1) is 6.92 Å². The van der Waals surface area contributed by atoms with Gasteiger partial charge in [0.2, 0.25) is 0 Å². The molecular formula is C18H16. The van der Waals surface area contributed by atoms with Crippen LogP contribution in [0.25, 0.3) is 11.1 Å². The second-order valence-electron chi connectivity index (χ2n) is 4.82. The van der Waals surface area contributed by atoms with Gasteiger partial charge in [-0.05, 0) is 41.2 Å². The monoisotopic (exact) mass is 232 g/mol. The van der Waals surface area contributed by atoms with Crippen LogP contribution >= 0.6 is 0 Å². The van der Waals surface area contributed by atoms with Crippen LogP contribution in [0.1, 0.15) is 22.3 Å². The molecule has 0 saturated heterocycles. The van der Waals surface area contributed by atoms with Gasteiger partial charge < -0.3 is 0 Å². The van der Waals surface area contributed by atoms with Crippen molar-refractivity contribution >= 4 is 11.1 Å². The maximum Gasteiger partial charge on any atom is -0.00819 e. The fourth-order valence-corrected chi connectivity index (χ4v) is 2.50. The van der Waals surface area contributed by atoms with E-state index >= 15 is 0 Å². The Morgan fingerprint density at radius 2 is 1.67 bits per heavy atom. The van der Waals surface area contributed by atoms with Gasteiger partial charge >= 0.3 is 0 Å². The van der Waals surface area contributed by atoms with Crippen LogP contribution in [0.2, 0.25) is 0 Å². The Hall–Kier alpha value is -2.08. The lowest BCUT2D eigenvalue weighted by Crippen LogP contribution is -2.00. The van der Waals surface area contributed by atoms with Gasteiger partial charge in [-0.3, -0.25) is 0 Å². The van der Waals surface area contributed by atoms with Gasteiger partial charge in [0.05, 0.1) is 0 Å². The SMILES string of the molecule is C=C1C(c2ccc(C)cc2)=CCc2ccccc21. The van der Waals surface area contributed by atoms with Crippen molar-refractivity contribution in [1.82, 2.24) is 0 Å². The van der Waals surface area contributed by atoms with Gasteiger partial charge in [0, 0.05) is 0 Å². The molecule has 1 aliphatic carbocycles. The molecule has 0 unspecified atom stereocenters. The van der Waals surface area contributed by atoms with Gasteiger partial charge in [0.25, 0.3) is 0 Å². The quantitative estimate of drug-likeness (QED) is 0.671. The van der Waals surface area contributed by atoms with Crippen molar-refractivity contribution in [2.75, 3.05) is 0 Å². The van der Waals surface area contributed by atoms with Crippen LogP contribution < -0.4 is 0 Å². The van der Waals surface area contributed by atoms with Crippen molar-refractivity contribution in [3.05, 3.63) is 83.4 Å². The molecule has 0 nitrogen and oxygen atoms in total. The summed E-state index contributed by atoms with van der Waals surface area (Å²) in [7, 11) is 0. The van der Waals surface area contributed by atoms with Crippen LogP contribution in [-0.2, 0) is 6.42 Å². The Balaban J connectivity index is 2.04.